The summed E-state index contributed by atoms with van der Waals surface area (Å²) in [4.78, 5) is 6.07. The summed E-state index contributed by atoms with van der Waals surface area (Å²) in [6, 6.07) is 13.4. The topological polar surface area (TPSA) is 12.9 Å². The normalized spacial score (nSPS) is 11.1. The van der Waals surface area contributed by atoms with Crippen molar-refractivity contribution in [2.24, 2.45) is 0 Å². The molecule has 1 aromatic heterocycles. The summed E-state index contributed by atoms with van der Waals surface area (Å²) >= 11 is 1.98. The minimum Gasteiger partial charge on any atom is -0.256 e. The Morgan fingerprint density at radius 3 is 1.96 bits per heavy atom. The van der Waals surface area contributed by atoms with Crippen molar-refractivity contribution in [1.82, 2.24) is 4.98 Å². The van der Waals surface area contributed by atoms with Crippen LogP contribution in [-0.4, -0.2) is 10.7 Å². The van der Waals surface area contributed by atoms with E-state index in [1.165, 1.54) is 92.4 Å². The maximum Gasteiger partial charge on any atom is 0.0702 e. The highest BCUT2D eigenvalue weighted by molar-refractivity contribution is 7.99. The highest BCUT2D eigenvalue weighted by atomic mass is 32.2. The van der Waals surface area contributed by atoms with E-state index in [4.69, 9.17) is 4.98 Å². The molecule has 0 spiro atoms. The monoisotopic (exact) mass is 397 g/mol. The van der Waals surface area contributed by atoms with Gasteiger partial charge in [0.25, 0.3) is 0 Å². The number of thioether (sulfide) groups is 1. The van der Waals surface area contributed by atoms with Crippen LogP contribution < -0.4 is 0 Å². The fourth-order valence-corrected chi connectivity index (χ4v) is 4.38. The van der Waals surface area contributed by atoms with Gasteiger partial charge in [-0.2, -0.15) is 0 Å². The van der Waals surface area contributed by atoms with Crippen LogP contribution in [0.5, 0.6) is 0 Å². The molecule has 0 atom stereocenters. The Bertz CT molecular complexity index is 618. The van der Waals surface area contributed by atoms with Crippen molar-refractivity contribution >= 4 is 11.8 Å². The zero-order chi connectivity index (χ0) is 19.9. The summed E-state index contributed by atoms with van der Waals surface area (Å²) in [5.74, 6) is 1.23. The van der Waals surface area contributed by atoms with Crippen LogP contribution in [0.2, 0.25) is 0 Å². The lowest BCUT2D eigenvalue weighted by Crippen LogP contribution is -1.90. The molecule has 1 aromatic carbocycles. The van der Waals surface area contributed by atoms with Crippen LogP contribution in [0.15, 0.2) is 47.5 Å². The highest BCUT2D eigenvalue weighted by Gasteiger charge is 2.02. The van der Waals surface area contributed by atoms with Gasteiger partial charge in [-0.1, -0.05) is 89.8 Å². The summed E-state index contributed by atoms with van der Waals surface area (Å²) in [5, 5.41) is 0. The minimum absolute atomic E-state index is 1.09. The Morgan fingerprint density at radius 2 is 1.32 bits per heavy atom. The quantitative estimate of drug-likeness (QED) is 0.220. The Labute approximate surface area is 177 Å². The van der Waals surface area contributed by atoms with Gasteiger partial charge in [-0.25, -0.2) is 0 Å². The van der Waals surface area contributed by atoms with Crippen LogP contribution in [0, 0.1) is 0 Å². The standard InChI is InChI=1S/C26H39NS/c1-3-5-7-9-11-13-21-28-25-18-16-24(17-19-25)26-20-15-23(22-27-26)14-12-10-8-6-4-2/h15-20,22H,3-14,21H2,1-2H3. The van der Waals surface area contributed by atoms with Crippen molar-refractivity contribution in [2.75, 3.05) is 5.75 Å². The van der Waals surface area contributed by atoms with Crippen LogP contribution in [0.1, 0.15) is 90.0 Å². The molecule has 0 radical (unpaired) electrons. The van der Waals surface area contributed by atoms with Gasteiger partial charge in [-0.15, -0.1) is 11.8 Å². The second kappa shape index (κ2) is 14.7. The van der Waals surface area contributed by atoms with Gasteiger partial charge >= 0.3 is 0 Å². The van der Waals surface area contributed by atoms with Crippen LogP contribution in [0.25, 0.3) is 11.3 Å². The number of rotatable bonds is 15. The molecule has 0 N–H and O–H groups in total. The Kier molecular flexibility index (Phi) is 12.1. The van der Waals surface area contributed by atoms with Crippen molar-refractivity contribution < 1.29 is 0 Å². The maximum absolute atomic E-state index is 4.70. The van der Waals surface area contributed by atoms with Gasteiger partial charge in [0.2, 0.25) is 0 Å². The fourth-order valence-electron chi connectivity index (χ4n) is 3.47. The molecule has 0 unspecified atom stereocenters. The molecular weight excluding hydrogens is 358 g/mol. The molecule has 28 heavy (non-hydrogen) atoms. The van der Waals surface area contributed by atoms with Crippen LogP contribution in [-0.2, 0) is 6.42 Å². The van der Waals surface area contributed by atoms with Crippen LogP contribution in [0.3, 0.4) is 0 Å². The molecule has 0 aliphatic rings. The number of pyridine rings is 1. The Balaban J connectivity index is 1.70. The van der Waals surface area contributed by atoms with E-state index in [9.17, 15) is 0 Å². The molecule has 0 amide bonds. The minimum atomic E-state index is 1.09. The lowest BCUT2D eigenvalue weighted by Gasteiger charge is -2.06. The lowest BCUT2D eigenvalue weighted by molar-refractivity contribution is 0.627. The summed E-state index contributed by atoms with van der Waals surface area (Å²) in [7, 11) is 0. The largest absolute Gasteiger partial charge is 0.256 e. The van der Waals surface area contributed by atoms with Crippen molar-refractivity contribution in [2.45, 2.75) is 95.8 Å². The van der Waals surface area contributed by atoms with Gasteiger partial charge in [0.1, 0.15) is 0 Å². The van der Waals surface area contributed by atoms with Crippen LogP contribution in [0.4, 0.5) is 0 Å². The molecule has 2 heteroatoms. The van der Waals surface area contributed by atoms with E-state index in [2.05, 4.69) is 56.4 Å². The number of nitrogens with zero attached hydrogens (tertiary/aromatic N) is 1. The Hall–Kier alpha value is -1.28. The number of benzene rings is 1. The van der Waals surface area contributed by atoms with Crippen molar-refractivity contribution in [1.29, 1.82) is 0 Å². The second-order valence-electron chi connectivity index (χ2n) is 7.86. The third-order valence-electron chi connectivity index (χ3n) is 5.31. The molecule has 0 saturated carbocycles. The van der Waals surface area contributed by atoms with E-state index < -0.39 is 0 Å². The van der Waals surface area contributed by atoms with Gasteiger partial charge in [0, 0.05) is 16.7 Å². The summed E-state index contributed by atoms with van der Waals surface area (Å²) in [6.45, 7) is 4.54. The van der Waals surface area contributed by atoms with E-state index in [0.717, 1.165) is 12.1 Å². The van der Waals surface area contributed by atoms with Crippen molar-refractivity contribution in [3.8, 4) is 11.3 Å². The molecule has 0 bridgehead atoms. The molecule has 0 fully saturated rings. The first-order valence-corrected chi connectivity index (χ1v) is 12.5. The summed E-state index contributed by atoms with van der Waals surface area (Å²) in [5.41, 5.74) is 3.67. The molecule has 2 aromatic rings. The summed E-state index contributed by atoms with van der Waals surface area (Å²) in [6.07, 6.45) is 18.1. The molecule has 2 rings (SSSR count). The average molecular weight is 398 g/mol. The SMILES string of the molecule is CCCCCCCCSc1ccc(-c2ccc(CCCCCCC)cn2)cc1. The highest BCUT2D eigenvalue weighted by Crippen LogP contribution is 2.24. The van der Waals surface area contributed by atoms with Gasteiger partial charge in [0.05, 0.1) is 5.69 Å². The number of aryl methyl sites for hydroxylation is 1. The molecule has 154 valence electrons. The Morgan fingerprint density at radius 1 is 0.679 bits per heavy atom. The van der Waals surface area contributed by atoms with Gasteiger partial charge in [0.15, 0.2) is 0 Å². The number of hydrogen-bond acceptors (Lipinski definition) is 2. The lowest BCUT2D eigenvalue weighted by atomic mass is 10.1. The number of unbranched alkanes of at least 4 members (excludes halogenated alkanes) is 9. The third-order valence-corrected chi connectivity index (χ3v) is 6.41. The van der Waals surface area contributed by atoms with E-state index in [0.29, 0.717) is 0 Å². The van der Waals surface area contributed by atoms with E-state index in [-0.39, 0.29) is 0 Å². The van der Waals surface area contributed by atoms with Gasteiger partial charge < -0.3 is 0 Å². The number of hydrogen-bond donors (Lipinski definition) is 0. The first-order chi connectivity index (χ1) is 13.8. The van der Waals surface area contributed by atoms with Gasteiger partial charge in [-0.05, 0) is 48.8 Å². The fraction of sp³-hybridized carbons (Fsp3) is 0.577. The van der Waals surface area contributed by atoms with E-state index in [1.807, 2.05) is 11.8 Å². The second-order valence-corrected chi connectivity index (χ2v) is 9.02. The molecule has 0 aliphatic carbocycles. The van der Waals surface area contributed by atoms with Crippen LogP contribution >= 0.6 is 11.8 Å². The molecule has 0 saturated heterocycles. The average Bonchev–Trinajstić information content (AvgIpc) is 2.74. The zero-order valence-corrected chi connectivity index (χ0v) is 18.9. The molecule has 0 aliphatic heterocycles. The smallest absolute Gasteiger partial charge is 0.0702 e. The first kappa shape index (κ1) is 23.0. The number of aromatic nitrogens is 1. The van der Waals surface area contributed by atoms with Crippen molar-refractivity contribution in [3.63, 3.8) is 0 Å². The summed E-state index contributed by atoms with van der Waals surface area (Å²) < 4.78 is 0. The maximum atomic E-state index is 4.70. The molecule has 1 heterocycles. The molecule has 1 nitrogen and oxygen atoms in total. The van der Waals surface area contributed by atoms with E-state index >= 15 is 0 Å². The predicted molar refractivity (Wildman–Crippen MR) is 126 cm³/mol. The predicted octanol–water partition coefficient (Wildman–Crippen LogP) is 8.71. The first-order valence-electron chi connectivity index (χ1n) is 11.5. The van der Waals surface area contributed by atoms with Gasteiger partial charge in [-0.3, -0.25) is 4.98 Å². The third kappa shape index (κ3) is 9.28. The molecular formula is C26H39NS. The van der Waals surface area contributed by atoms with E-state index in [1.54, 1.807) is 0 Å². The van der Waals surface area contributed by atoms with Crippen molar-refractivity contribution in [3.05, 3.63) is 48.2 Å². The zero-order valence-electron chi connectivity index (χ0n) is 18.1.